The fourth-order valence-corrected chi connectivity index (χ4v) is 2.98. The molecule has 0 saturated heterocycles. The number of rotatable bonds is 8. The zero-order chi connectivity index (χ0) is 21.6. The maximum absolute atomic E-state index is 11.4. The van der Waals surface area contributed by atoms with Gasteiger partial charge in [0.25, 0.3) is 0 Å². The highest BCUT2D eigenvalue weighted by atomic mass is 16.6. The number of alkyl carbamates (subject to hydrolysis) is 1. The van der Waals surface area contributed by atoms with Crippen molar-refractivity contribution in [3.05, 3.63) is 23.2 Å². The highest BCUT2D eigenvalue weighted by molar-refractivity contribution is 5.92. The van der Waals surface area contributed by atoms with Gasteiger partial charge >= 0.3 is 6.09 Å². The molecule has 0 aliphatic carbocycles. The molecule has 9 heteroatoms. The van der Waals surface area contributed by atoms with Gasteiger partial charge in [0.15, 0.2) is 11.3 Å². The van der Waals surface area contributed by atoms with E-state index in [1.165, 1.54) is 0 Å². The van der Waals surface area contributed by atoms with Gasteiger partial charge in [0, 0.05) is 19.2 Å². The third-order valence-corrected chi connectivity index (χ3v) is 4.24. The summed E-state index contributed by atoms with van der Waals surface area (Å²) in [6.07, 6.45) is 0.987. The fraction of sp³-hybridized carbons (Fsp3) is 0.500. The molecule has 0 atom stereocenters. The molecule has 0 fully saturated rings. The Labute approximate surface area is 170 Å². The number of aryl methyl sites for hydroxylation is 1. The molecule has 4 N–H and O–H groups in total. The van der Waals surface area contributed by atoms with Crippen molar-refractivity contribution in [1.82, 2.24) is 14.9 Å². The van der Waals surface area contributed by atoms with Gasteiger partial charge in [-0.25, -0.2) is 9.78 Å². The third kappa shape index (κ3) is 5.69. The molecule has 0 spiro atoms. The van der Waals surface area contributed by atoms with Crippen LogP contribution >= 0.6 is 0 Å². The van der Waals surface area contributed by atoms with Crippen LogP contribution in [0.5, 0.6) is 5.75 Å². The van der Waals surface area contributed by atoms with Crippen LogP contribution in [0.3, 0.4) is 0 Å². The minimum atomic E-state index is -0.413. The number of aromatic nitrogens is 2. The summed E-state index contributed by atoms with van der Waals surface area (Å²) in [7, 11) is 1.60. The average Bonchev–Trinajstić information content (AvgIpc) is 2.64. The number of carbonyl (C=O) groups excluding carboxylic acids is 1. The van der Waals surface area contributed by atoms with E-state index in [0.717, 1.165) is 23.9 Å². The van der Waals surface area contributed by atoms with E-state index < -0.39 is 6.09 Å². The Hall–Kier alpha value is -3.10. The molecule has 9 nitrogen and oxygen atoms in total. The van der Waals surface area contributed by atoms with E-state index in [1.807, 2.05) is 13.0 Å². The lowest BCUT2D eigenvalue weighted by atomic mass is 10.1. The maximum atomic E-state index is 11.4. The van der Waals surface area contributed by atoms with Crippen molar-refractivity contribution in [3.8, 4) is 5.75 Å². The largest absolute Gasteiger partial charge is 0.497 e. The lowest BCUT2D eigenvalue weighted by molar-refractivity contribution is 0.115. The molecule has 0 bridgehead atoms. The van der Waals surface area contributed by atoms with E-state index in [-0.39, 0.29) is 17.4 Å². The molecular weight excluding hydrogens is 372 g/mol. The molecule has 158 valence electrons. The molecule has 0 radical (unpaired) electrons. The number of nitrogens with one attached hydrogen (secondary N) is 4. The monoisotopic (exact) mass is 402 g/mol. The molecule has 1 amide bonds. The fourth-order valence-electron chi connectivity index (χ4n) is 2.98. The van der Waals surface area contributed by atoms with Gasteiger partial charge in [0.2, 0.25) is 0 Å². The first-order chi connectivity index (χ1) is 13.7. The van der Waals surface area contributed by atoms with E-state index in [1.54, 1.807) is 38.5 Å². The van der Waals surface area contributed by atoms with E-state index >= 15 is 0 Å². The number of carbonyl (C=O) groups is 1. The zero-order valence-electron chi connectivity index (χ0n) is 17.7. The number of unbranched alkanes of at least 4 members (excludes halogenated alkanes) is 1. The third-order valence-electron chi connectivity index (χ3n) is 4.24. The number of fused-ring (bicyclic) bond motifs is 1. The standard InChI is InChI=1S/C20H30N6O3/c1-12(2)29-20(27)24-9-7-6-8-23-19-18(22)26(14(4)21)17-13(3)10-15(28-5)11-16(17)25-19/h10-12,21-22H,6-9H2,1-5H3,(H,23,25)(H,24,27). The van der Waals surface area contributed by atoms with Crippen molar-refractivity contribution >= 4 is 28.8 Å². The summed E-state index contributed by atoms with van der Waals surface area (Å²) in [4.78, 5) is 16.0. The summed E-state index contributed by atoms with van der Waals surface area (Å²) in [5.41, 5.74) is 2.40. The smallest absolute Gasteiger partial charge is 0.407 e. The molecule has 0 aliphatic heterocycles. The lowest BCUT2D eigenvalue weighted by Gasteiger charge is -2.16. The number of hydrogen-bond donors (Lipinski definition) is 4. The Morgan fingerprint density at radius 2 is 1.97 bits per heavy atom. The summed E-state index contributed by atoms with van der Waals surface area (Å²) in [6.45, 7) is 8.27. The summed E-state index contributed by atoms with van der Waals surface area (Å²) >= 11 is 0. The molecule has 0 aliphatic rings. The topological polar surface area (TPSA) is 125 Å². The molecular formula is C20H30N6O3. The van der Waals surface area contributed by atoms with Gasteiger partial charge < -0.3 is 20.1 Å². The van der Waals surface area contributed by atoms with Crippen LogP contribution in [0.2, 0.25) is 0 Å². The Kier molecular flexibility index (Phi) is 7.58. The molecule has 2 aromatic rings. The van der Waals surface area contributed by atoms with E-state index in [2.05, 4.69) is 15.6 Å². The van der Waals surface area contributed by atoms with Crippen LogP contribution in [0.25, 0.3) is 11.0 Å². The number of nitrogens with zero attached hydrogens (tertiary/aromatic N) is 2. The van der Waals surface area contributed by atoms with Crippen LogP contribution < -0.4 is 20.9 Å². The van der Waals surface area contributed by atoms with E-state index in [0.29, 0.717) is 30.2 Å². The Bertz CT molecular complexity index is 951. The second-order valence-electron chi connectivity index (χ2n) is 7.06. The molecule has 29 heavy (non-hydrogen) atoms. The molecule has 0 unspecified atom stereocenters. The number of benzene rings is 1. The van der Waals surface area contributed by atoms with Crippen molar-refractivity contribution in [2.45, 2.75) is 46.6 Å². The number of ether oxygens (including phenoxy) is 2. The number of methoxy groups -OCH3 is 1. The van der Waals surface area contributed by atoms with Gasteiger partial charge in [-0.2, -0.15) is 0 Å². The minimum absolute atomic E-state index is 0.136. The number of amides is 1. The molecule has 1 aromatic heterocycles. The molecule has 0 saturated carbocycles. The van der Waals surface area contributed by atoms with E-state index in [4.69, 9.17) is 20.3 Å². The van der Waals surface area contributed by atoms with Crippen molar-refractivity contribution in [2.75, 3.05) is 25.5 Å². The van der Waals surface area contributed by atoms with Crippen molar-refractivity contribution in [2.24, 2.45) is 0 Å². The predicted octanol–water partition coefficient (Wildman–Crippen LogP) is 3.00. The number of hydrogen-bond acceptors (Lipinski definition) is 7. The lowest BCUT2D eigenvalue weighted by Crippen LogP contribution is -2.30. The van der Waals surface area contributed by atoms with Gasteiger partial charge in [-0.3, -0.25) is 15.4 Å². The van der Waals surface area contributed by atoms with E-state index in [9.17, 15) is 4.79 Å². The van der Waals surface area contributed by atoms with Crippen molar-refractivity contribution < 1.29 is 14.3 Å². The van der Waals surface area contributed by atoms with Gasteiger partial charge in [0.05, 0.1) is 24.2 Å². The quantitative estimate of drug-likeness (QED) is 0.307. The molecule has 1 heterocycles. The highest BCUT2D eigenvalue weighted by Crippen LogP contribution is 2.23. The van der Waals surface area contributed by atoms with Crippen LogP contribution in [0.15, 0.2) is 12.1 Å². The van der Waals surface area contributed by atoms with Crippen LogP contribution in [0, 0.1) is 17.7 Å². The van der Waals surface area contributed by atoms with Crippen LogP contribution in [0.1, 0.15) is 39.2 Å². The second-order valence-corrected chi connectivity index (χ2v) is 7.06. The van der Waals surface area contributed by atoms with Crippen LogP contribution in [-0.2, 0) is 4.74 Å². The summed E-state index contributed by atoms with van der Waals surface area (Å²) < 4.78 is 11.9. The summed E-state index contributed by atoms with van der Waals surface area (Å²) in [5, 5.41) is 22.5. The second kappa shape index (κ2) is 9.90. The van der Waals surface area contributed by atoms with Crippen molar-refractivity contribution in [1.29, 1.82) is 10.8 Å². The molecule has 1 aromatic carbocycles. The molecule has 2 rings (SSSR count). The maximum Gasteiger partial charge on any atom is 0.407 e. The van der Waals surface area contributed by atoms with Crippen molar-refractivity contribution in [3.63, 3.8) is 0 Å². The normalized spacial score (nSPS) is 10.8. The van der Waals surface area contributed by atoms with Gasteiger partial charge in [-0.1, -0.05) is 0 Å². The van der Waals surface area contributed by atoms with Gasteiger partial charge in [-0.05, 0) is 52.2 Å². The highest BCUT2D eigenvalue weighted by Gasteiger charge is 2.13. The summed E-state index contributed by atoms with van der Waals surface area (Å²) in [5.74, 6) is 1.33. The average molecular weight is 402 g/mol. The Balaban J connectivity index is 2.09. The van der Waals surface area contributed by atoms with Crippen LogP contribution in [0.4, 0.5) is 10.6 Å². The summed E-state index contributed by atoms with van der Waals surface area (Å²) in [6, 6.07) is 3.67. The number of anilines is 1. The predicted molar refractivity (Wildman–Crippen MR) is 113 cm³/mol. The first-order valence-corrected chi connectivity index (χ1v) is 9.64. The minimum Gasteiger partial charge on any atom is -0.497 e. The van der Waals surface area contributed by atoms with Crippen LogP contribution in [-0.4, -0.2) is 47.8 Å². The Morgan fingerprint density at radius 1 is 1.28 bits per heavy atom. The first-order valence-electron chi connectivity index (χ1n) is 9.64. The van der Waals surface area contributed by atoms with Gasteiger partial charge in [0.1, 0.15) is 11.6 Å². The first kappa shape index (κ1) is 22.2. The Morgan fingerprint density at radius 3 is 2.59 bits per heavy atom. The SMILES string of the molecule is COc1cc(C)c2c(c1)nc(NCCCCNC(=O)OC(C)C)c(=N)n2C(C)=N. The zero-order valence-corrected chi connectivity index (χ0v) is 17.7. The van der Waals surface area contributed by atoms with Gasteiger partial charge in [-0.15, -0.1) is 0 Å².